The molecule has 2 N–H and O–H groups in total. The number of nitrogens with one attached hydrogen (secondary N) is 1. The lowest BCUT2D eigenvalue weighted by Crippen LogP contribution is -2.53. The Morgan fingerprint density at radius 1 is 0.860 bits per heavy atom. The molecule has 2 heterocycles. The summed E-state index contributed by atoms with van der Waals surface area (Å²) in [5.41, 5.74) is 5.54. The van der Waals surface area contributed by atoms with Gasteiger partial charge in [-0.25, -0.2) is 4.39 Å². The Morgan fingerprint density at radius 2 is 1.58 bits per heavy atom. The number of nitrogens with zero attached hydrogens (tertiary/aromatic N) is 2. The highest BCUT2D eigenvalue weighted by Crippen LogP contribution is 2.65. The van der Waals surface area contributed by atoms with Crippen LogP contribution < -0.4 is 10.3 Å². The van der Waals surface area contributed by atoms with Gasteiger partial charge in [0.15, 0.2) is 11.6 Å². The molecule has 0 bridgehead atoms. The molecular formula is C41H34FN3O5. The number of hydrogen-bond donors (Lipinski definition) is 2. The smallest absolute Gasteiger partial charge is 0.260 e. The van der Waals surface area contributed by atoms with Gasteiger partial charge in [-0.05, 0) is 67.1 Å². The van der Waals surface area contributed by atoms with Crippen LogP contribution in [0.1, 0.15) is 41.0 Å². The number of aryl methyl sites for hydroxylation is 1. The van der Waals surface area contributed by atoms with E-state index in [0.29, 0.717) is 22.5 Å². The number of rotatable bonds is 6. The molecule has 0 radical (unpaired) electrons. The van der Waals surface area contributed by atoms with Gasteiger partial charge >= 0.3 is 0 Å². The zero-order valence-corrected chi connectivity index (χ0v) is 27.3. The topological polar surface area (TPSA) is 107 Å². The van der Waals surface area contributed by atoms with E-state index in [9.17, 15) is 19.5 Å². The summed E-state index contributed by atoms with van der Waals surface area (Å²) in [6.45, 7) is 5.71. The summed E-state index contributed by atoms with van der Waals surface area (Å²) in [6.07, 6.45) is 3.85. The first kappa shape index (κ1) is 31.4. The monoisotopic (exact) mass is 667 g/mol. The lowest BCUT2D eigenvalue weighted by atomic mass is 9.49. The van der Waals surface area contributed by atoms with Crippen molar-refractivity contribution in [1.29, 1.82) is 0 Å². The van der Waals surface area contributed by atoms with Gasteiger partial charge in [0, 0.05) is 11.5 Å². The van der Waals surface area contributed by atoms with Gasteiger partial charge in [-0.1, -0.05) is 96.6 Å². The number of benzene rings is 4. The normalized spacial score (nSPS) is 27.1. The number of phenolic OH excluding ortho intramolecular Hbond substituents is 1. The molecule has 2 saturated heterocycles. The summed E-state index contributed by atoms with van der Waals surface area (Å²) >= 11 is 0. The number of para-hydroxylation sites is 1. The second kappa shape index (κ2) is 11.7. The molecule has 3 fully saturated rings. The van der Waals surface area contributed by atoms with Crippen LogP contribution in [0.3, 0.4) is 0 Å². The number of hydrazine groups is 1. The molecule has 8 nitrogen and oxygen atoms in total. The molecule has 9 heteroatoms. The fraction of sp³-hybridized carbons (Fsp3) is 0.220. The average molecular weight is 668 g/mol. The number of hydrogen-bond acceptors (Lipinski definition) is 6. The van der Waals surface area contributed by atoms with Crippen LogP contribution in [0.5, 0.6) is 5.75 Å². The van der Waals surface area contributed by atoms with Crippen LogP contribution in [0.25, 0.3) is 6.08 Å². The van der Waals surface area contributed by atoms with E-state index in [1.165, 1.54) is 11.0 Å². The minimum Gasteiger partial charge on any atom is -0.505 e. The van der Waals surface area contributed by atoms with Crippen LogP contribution in [-0.2, 0) is 24.6 Å². The molecule has 50 heavy (non-hydrogen) atoms. The Morgan fingerprint density at radius 3 is 2.28 bits per heavy atom. The molecular weight excluding hydrogens is 633 g/mol. The number of phenols is 1. The molecule has 0 spiro atoms. The van der Waals surface area contributed by atoms with Gasteiger partial charge in [0.2, 0.25) is 11.8 Å². The van der Waals surface area contributed by atoms with Crippen LogP contribution in [0.2, 0.25) is 0 Å². The van der Waals surface area contributed by atoms with Gasteiger partial charge in [0.1, 0.15) is 0 Å². The van der Waals surface area contributed by atoms with E-state index in [2.05, 4.69) is 12.0 Å². The molecule has 0 aromatic heterocycles. The Hall–Kier alpha value is -5.83. The van der Waals surface area contributed by atoms with Crippen molar-refractivity contribution in [3.63, 3.8) is 0 Å². The van der Waals surface area contributed by atoms with E-state index < -0.39 is 58.4 Å². The summed E-state index contributed by atoms with van der Waals surface area (Å²) in [5, 5.41) is 12.4. The average Bonchev–Trinajstić information content (AvgIpc) is 3.51. The summed E-state index contributed by atoms with van der Waals surface area (Å²) in [4.78, 5) is 59.4. The maximum Gasteiger partial charge on any atom is 0.260 e. The molecule has 6 atom stereocenters. The standard InChI is InChI=1S/C41H34FN3O5/c1-3-24-14-18-27(19-15-24)44-37(47)29-21-20-28-31(34(29)39(44)49)22-32-38(48)45(43-26-16-12-23(2)13-17-26)40(50)41(32,25-8-5-4-6-9-25)35(28)30-10-7-11-33(42)36(30)46/h3-20,29,31-32,34-35,43,46H,1,21-22H2,2H3. The number of allylic oxidation sites excluding steroid dienone is 2. The van der Waals surface area contributed by atoms with E-state index in [1.807, 2.05) is 31.2 Å². The second-order valence-electron chi connectivity index (χ2n) is 13.6. The highest BCUT2D eigenvalue weighted by Gasteiger charge is 2.70. The molecule has 4 amide bonds. The maximum atomic E-state index is 15.3. The largest absolute Gasteiger partial charge is 0.505 e. The van der Waals surface area contributed by atoms with Crippen LogP contribution in [-0.4, -0.2) is 33.7 Å². The highest BCUT2D eigenvalue weighted by molar-refractivity contribution is 6.22. The van der Waals surface area contributed by atoms with Crippen molar-refractivity contribution in [3.05, 3.63) is 143 Å². The SMILES string of the molecule is C=Cc1ccc(N2C(=O)C3CC=C4C(CC5C(=O)N(Nc6ccc(C)cc6)C(=O)C5(c5ccccc5)C4c4cccc(F)c4O)C3C2=O)cc1. The van der Waals surface area contributed by atoms with E-state index in [4.69, 9.17) is 0 Å². The van der Waals surface area contributed by atoms with Gasteiger partial charge in [-0.2, -0.15) is 5.01 Å². The lowest BCUT2D eigenvalue weighted by molar-refractivity contribution is -0.138. The predicted octanol–water partition coefficient (Wildman–Crippen LogP) is 6.67. The van der Waals surface area contributed by atoms with Crippen molar-refractivity contribution in [1.82, 2.24) is 5.01 Å². The second-order valence-corrected chi connectivity index (χ2v) is 13.6. The van der Waals surface area contributed by atoms with E-state index in [0.717, 1.165) is 22.2 Å². The first-order valence-electron chi connectivity index (χ1n) is 16.7. The molecule has 8 rings (SSSR count). The zero-order chi connectivity index (χ0) is 34.9. The number of carbonyl (C=O) groups is 4. The van der Waals surface area contributed by atoms with Gasteiger partial charge in [0.25, 0.3) is 11.8 Å². The molecule has 4 aromatic carbocycles. The summed E-state index contributed by atoms with van der Waals surface area (Å²) in [7, 11) is 0. The number of fused-ring (bicyclic) bond motifs is 4. The van der Waals surface area contributed by atoms with Gasteiger partial charge in [0.05, 0.1) is 34.5 Å². The van der Waals surface area contributed by atoms with Gasteiger partial charge in [-0.3, -0.25) is 29.5 Å². The molecule has 4 aromatic rings. The van der Waals surface area contributed by atoms with Crippen molar-refractivity contribution in [2.45, 2.75) is 31.1 Å². The minimum absolute atomic E-state index is 0.0907. The Balaban J connectivity index is 1.31. The number of imide groups is 2. The fourth-order valence-electron chi connectivity index (χ4n) is 8.87. The van der Waals surface area contributed by atoms with Crippen LogP contribution in [0, 0.1) is 36.4 Å². The highest BCUT2D eigenvalue weighted by atomic mass is 19.1. The maximum absolute atomic E-state index is 15.3. The number of anilines is 2. The molecule has 1 saturated carbocycles. The molecule has 2 aliphatic heterocycles. The van der Waals surface area contributed by atoms with E-state index in [1.54, 1.807) is 72.8 Å². The van der Waals surface area contributed by atoms with Crippen molar-refractivity contribution in [3.8, 4) is 5.75 Å². The summed E-state index contributed by atoms with van der Waals surface area (Å²) < 4.78 is 15.3. The quantitative estimate of drug-likeness (QED) is 0.176. The molecule has 2 aliphatic carbocycles. The number of carbonyl (C=O) groups excluding carboxylic acids is 4. The Kier molecular flexibility index (Phi) is 7.33. The van der Waals surface area contributed by atoms with Gasteiger partial charge in [-0.15, -0.1) is 0 Å². The van der Waals surface area contributed by atoms with Crippen molar-refractivity contribution < 1.29 is 28.7 Å². The van der Waals surface area contributed by atoms with Crippen LogP contribution in [0.15, 0.2) is 115 Å². The minimum atomic E-state index is -1.61. The summed E-state index contributed by atoms with van der Waals surface area (Å²) in [5.74, 6) is -7.47. The zero-order valence-electron chi connectivity index (χ0n) is 27.3. The first-order chi connectivity index (χ1) is 24.2. The Labute approximate surface area is 288 Å². The third-order valence-corrected chi connectivity index (χ3v) is 11.1. The molecule has 4 aliphatic rings. The van der Waals surface area contributed by atoms with E-state index in [-0.39, 0.29) is 30.2 Å². The molecule has 6 unspecified atom stereocenters. The third-order valence-electron chi connectivity index (χ3n) is 11.1. The number of aromatic hydroxyl groups is 1. The van der Waals surface area contributed by atoms with Gasteiger partial charge < -0.3 is 5.11 Å². The van der Waals surface area contributed by atoms with Crippen molar-refractivity contribution in [2.75, 3.05) is 10.3 Å². The first-order valence-corrected chi connectivity index (χ1v) is 16.7. The van der Waals surface area contributed by atoms with E-state index >= 15 is 9.18 Å². The number of halogens is 1. The van der Waals surface area contributed by atoms with Crippen LogP contribution in [0.4, 0.5) is 15.8 Å². The van der Waals surface area contributed by atoms with Crippen molar-refractivity contribution >= 4 is 41.1 Å². The predicted molar refractivity (Wildman–Crippen MR) is 186 cm³/mol. The number of amides is 4. The van der Waals surface area contributed by atoms with Crippen molar-refractivity contribution in [2.24, 2.45) is 23.7 Å². The Bertz CT molecular complexity index is 2110. The summed E-state index contributed by atoms with van der Waals surface area (Å²) in [6, 6.07) is 27.4. The molecule has 250 valence electrons. The third kappa shape index (κ3) is 4.42. The van der Waals surface area contributed by atoms with Crippen LogP contribution >= 0.6 is 0 Å². The lowest BCUT2D eigenvalue weighted by Gasteiger charge is -2.50. The fourth-order valence-corrected chi connectivity index (χ4v) is 8.87.